The van der Waals surface area contributed by atoms with E-state index in [4.69, 9.17) is 4.42 Å². The molecule has 1 aliphatic heterocycles. The van der Waals surface area contributed by atoms with Crippen molar-refractivity contribution in [3.05, 3.63) is 54.3 Å². The molecule has 1 N–H and O–H groups in total. The Bertz CT molecular complexity index is 1300. The van der Waals surface area contributed by atoms with Crippen LogP contribution in [0.25, 0.3) is 21.2 Å². The molecule has 5 rings (SSSR count). The topological polar surface area (TPSA) is 92.5 Å². The normalized spacial score (nSPS) is 15.3. The summed E-state index contributed by atoms with van der Waals surface area (Å²) in [6, 6.07) is 13.9. The van der Waals surface area contributed by atoms with Crippen molar-refractivity contribution in [1.82, 2.24) is 9.29 Å². The van der Waals surface area contributed by atoms with Gasteiger partial charge in [-0.3, -0.25) is 10.1 Å². The number of carbonyl (C=O) groups excluding carboxylic acids is 1. The lowest BCUT2D eigenvalue weighted by molar-refractivity contribution is 0.0998. The molecule has 29 heavy (non-hydrogen) atoms. The van der Waals surface area contributed by atoms with Crippen molar-refractivity contribution in [1.29, 1.82) is 0 Å². The first kappa shape index (κ1) is 18.3. The fraction of sp³-hybridized carbons (Fsp3) is 0.200. The summed E-state index contributed by atoms with van der Waals surface area (Å²) < 4.78 is 33.3. The van der Waals surface area contributed by atoms with Crippen LogP contribution in [0.3, 0.4) is 0 Å². The number of nitrogens with one attached hydrogen (secondary N) is 1. The van der Waals surface area contributed by atoms with E-state index in [-0.39, 0.29) is 10.7 Å². The number of sulfonamides is 1. The lowest BCUT2D eigenvalue weighted by Gasteiger charge is -2.15. The molecule has 2 aromatic heterocycles. The number of hydrogen-bond donors (Lipinski definition) is 1. The number of amides is 1. The molecule has 2 aromatic carbocycles. The van der Waals surface area contributed by atoms with Gasteiger partial charge in [0.2, 0.25) is 10.0 Å². The quantitative estimate of drug-likeness (QED) is 0.530. The van der Waals surface area contributed by atoms with Gasteiger partial charge in [0.1, 0.15) is 5.58 Å². The number of para-hydroxylation sites is 1. The number of fused-ring (bicyclic) bond motifs is 2. The monoisotopic (exact) mass is 427 g/mol. The third-order valence-electron chi connectivity index (χ3n) is 4.93. The Kier molecular flexibility index (Phi) is 4.38. The molecule has 0 atom stereocenters. The lowest BCUT2D eigenvalue weighted by Crippen LogP contribution is -2.27. The third kappa shape index (κ3) is 3.31. The molecule has 1 aliphatic rings. The largest absolute Gasteiger partial charge is 0.451 e. The van der Waals surface area contributed by atoms with Crippen LogP contribution in [-0.2, 0) is 10.0 Å². The summed E-state index contributed by atoms with van der Waals surface area (Å²) >= 11 is 1.23. The van der Waals surface area contributed by atoms with Gasteiger partial charge in [0.05, 0.1) is 15.1 Å². The van der Waals surface area contributed by atoms with Crippen molar-refractivity contribution in [2.45, 2.75) is 17.7 Å². The van der Waals surface area contributed by atoms with Crippen LogP contribution >= 0.6 is 11.3 Å². The van der Waals surface area contributed by atoms with Gasteiger partial charge in [-0.1, -0.05) is 29.5 Å². The van der Waals surface area contributed by atoms with Gasteiger partial charge >= 0.3 is 0 Å². The Morgan fingerprint density at radius 3 is 2.69 bits per heavy atom. The molecule has 4 aromatic rings. The number of hydrogen-bond acceptors (Lipinski definition) is 6. The summed E-state index contributed by atoms with van der Waals surface area (Å²) in [6.07, 6.45) is 1.78. The SMILES string of the molecule is O=C(Nc1nc2ccc(S(=O)(=O)N3CCCC3)cc2s1)c1cc2ccccc2o1. The Balaban J connectivity index is 1.41. The van der Waals surface area contributed by atoms with Gasteiger partial charge in [0.15, 0.2) is 10.9 Å². The molecule has 0 bridgehead atoms. The molecule has 1 saturated heterocycles. The number of anilines is 1. The van der Waals surface area contributed by atoms with Crippen LogP contribution in [0.1, 0.15) is 23.4 Å². The first-order valence-corrected chi connectivity index (χ1v) is 11.5. The molecule has 0 spiro atoms. The van der Waals surface area contributed by atoms with Gasteiger partial charge in [0.25, 0.3) is 5.91 Å². The Labute approximate surface area is 171 Å². The number of furan rings is 1. The van der Waals surface area contributed by atoms with Crippen LogP contribution < -0.4 is 5.32 Å². The lowest BCUT2D eigenvalue weighted by atomic mass is 10.2. The summed E-state index contributed by atoms with van der Waals surface area (Å²) in [4.78, 5) is 17.2. The number of carbonyl (C=O) groups is 1. The van der Waals surface area contributed by atoms with Crippen LogP contribution in [0.4, 0.5) is 5.13 Å². The number of nitrogens with zero attached hydrogens (tertiary/aromatic N) is 2. The second-order valence-corrected chi connectivity index (χ2v) is 9.83. The average molecular weight is 428 g/mol. The van der Waals surface area contributed by atoms with E-state index in [9.17, 15) is 13.2 Å². The average Bonchev–Trinajstić information content (AvgIpc) is 3.45. The molecule has 3 heterocycles. The number of benzene rings is 2. The fourth-order valence-electron chi connectivity index (χ4n) is 3.45. The number of aromatic nitrogens is 1. The molecule has 0 saturated carbocycles. The van der Waals surface area contributed by atoms with E-state index in [1.165, 1.54) is 15.6 Å². The number of rotatable bonds is 4. The van der Waals surface area contributed by atoms with Gasteiger partial charge < -0.3 is 4.42 Å². The summed E-state index contributed by atoms with van der Waals surface area (Å²) in [5.74, 6) is -0.201. The molecular weight excluding hydrogens is 410 g/mol. The first-order valence-electron chi connectivity index (χ1n) is 9.21. The van der Waals surface area contributed by atoms with E-state index in [1.54, 1.807) is 30.3 Å². The molecule has 9 heteroatoms. The van der Waals surface area contributed by atoms with E-state index < -0.39 is 15.9 Å². The van der Waals surface area contributed by atoms with Gasteiger partial charge in [-0.05, 0) is 43.2 Å². The van der Waals surface area contributed by atoms with Gasteiger partial charge in [-0.25, -0.2) is 13.4 Å². The van der Waals surface area contributed by atoms with Gasteiger partial charge in [-0.2, -0.15) is 4.31 Å². The molecule has 0 aliphatic carbocycles. The number of thiazole rings is 1. The first-order chi connectivity index (χ1) is 14.0. The van der Waals surface area contributed by atoms with E-state index in [1.807, 2.05) is 18.2 Å². The summed E-state index contributed by atoms with van der Waals surface area (Å²) in [5, 5.41) is 3.97. The third-order valence-corrected chi connectivity index (χ3v) is 7.76. The Morgan fingerprint density at radius 2 is 1.90 bits per heavy atom. The maximum atomic E-state index is 12.8. The summed E-state index contributed by atoms with van der Waals surface area (Å²) in [7, 11) is -3.49. The van der Waals surface area contributed by atoms with E-state index in [2.05, 4.69) is 10.3 Å². The minimum absolute atomic E-state index is 0.197. The highest BCUT2D eigenvalue weighted by atomic mass is 32.2. The Hall–Kier alpha value is -2.75. The predicted molar refractivity (Wildman–Crippen MR) is 112 cm³/mol. The maximum absolute atomic E-state index is 12.8. The fourth-order valence-corrected chi connectivity index (χ4v) is 5.97. The highest BCUT2D eigenvalue weighted by molar-refractivity contribution is 7.89. The van der Waals surface area contributed by atoms with Crippen LogP contribution in [-0.4, -0.2) is 36.7 Å². The Morgan fingerprint density at radius 1 is 1.10 bits per heavy atom. The minimum atomic E-state index is -3.49. The van der Waals surface area contributed by atoms with Gasteiger partial charge in [-0.15, -0.1) is 0 Å². The van der Waals surface area contributed by atoms with E-state index in [0.717, 1.165) is 18.2 Å². The second kappa shape index (κ2) is 6.94. The van der Waals surface area contributed by atoms with Crippen molar-refractivity contribution in [2.75, 3.05) is 18.4 Å². The summed E-state index contributed by atoms with van der Waals surface area (Å²) in [5.41, 5.74) is 1.27. The van der Waals surface area contributed by atoms with Crippen LogP contribution in [0, 0.1) is 0 Å². The summed E-state index contributed by atoms with van der Waals surface area (Å²) in [6.45, 7) is 1.11. The van der Waals surface area contributed by atoms with Crippen LogP contribution in [0.15, 0.2) is 57.8 Å². The van der Waals surface area contributed by atoms with Crippen molar-refractivity contribution in [2.24, 2.45) is 0 Å². The van der Waals surface area contributed by atoms with Crippen LogP contribution in [0.2, 0.25) is 0 Å². The maximum Gasteiger partial charge on any atom is 0.293 e. The molecular formula is C20H17N3O4S2. The van der Waals surface area contributed by atoms with Crippen molar-refractivity contribution in [3.8, 4) is 0 Å². The van der Waals surface area contributed by atoms with Crippen molar-refractivity contribution in [3.63, 3.8) is 0 Å². The van der Waals surface area contributed by atoms with E-state index in [0.29, 0.717) is 34.0 Å². The molecule has 1 fully saturated rings. The smallest absolute Gasteiger partial charge is 0.293 e. The molecule has 0 unspecified atom stereocenters. The highest BCUT2D eigenvalue weighted by Crippen LogP contribution is 2.30. The standard InChI is InChI=1S/C20H17N3O4S2/c24-19(17-11-13-5-1-2-6-16(13)27-17)22-20-21-15-8-7-14(12-18(15)28-20)29(25,26)23-9-3-4-10-23/h1-2,5-8,11-12H,3-4,9-10H2,(H,21,22,24). The van der Waals surface area contributed by atoms with Crippen molar-refractivity contribution >= 4 is 53.6 Å². The highest BCUT2D eigenvalue weighted by Gasteiger charge is 2.27. The van der Waals surface area contributed by atoms with Crippen molar-refractivity contribution < 1.29 is 17.6 Å². The molecule has 0 radical (unpaired) electrons. The minimum Gasteiger partial charge on any atom is -0.451 e. The zero-order valence-corrected chi connectivity index (χ0v) is 16.9. The second-order valence-electron chi connectivity index (χ2n) is 6.86. The van der Waals surface area contributed by atoms with E-state index >= 15 is 0 Å². The van der Waals surface area contributed by atoms with Crippen LogP contribution in [0.5, 0.6) is 0 Å². The zero-order chi connectivity index (χ0) is 20.0. The molecule has 1 amide bonds. The van der Waals surface area contributed by atoms with Gasteiger partial charge in [0, 0.05) is 18.5 Å². The zero-order valence-electron chi connectivity index (χ0n) is 15.3. The molecule has 7 nitrogen and oxygen atoms in total. The predicted octanol–water partition coefficient (Wildman–Crippen LogP) is 4.08. The molecule has 148 valence electrons.